The molecule has 21 heavy (non-hydrogen) atoms. The molecule has 0 amide bonds. The quantitative estimate of drug-likeness (QED) is 0.826. The molecule has 0 aromatic heterocycles. The summed E-state index contributed by atoms with van der Waals surface area (Å²) in [6, 6.07) is 3.46. The maximum absolute atomic E-state index is 14.4. The van der Waals surface area contributed by atoms with Crippen molar-refractivity contribution in [3.8, 4) is 0 Å². The summed E-state index contributed by atoms with van der Waals surface area (Å²) >= 11 is 0. The number of benzene rings is 1. The summed E-state index contributed by atoms with van der Waals surface area (Å²) in [6.45, 7) is 4.58. The molecule has 0 spiro atoms. The van der Waals surface area contributed by atoms with E-state index in [4.69, 9.17) is 0 Å². The molecule has 0 radical (unpaired) electrons. The van der Waals surface area contributed by atoms with E-state index in [0.29, 0.717) is 23.0 Å². The molecule has 2 aliphatic rings. The van der Waals surface area contributed by atoms with Crippen LogP contribution in [0.1, 0.15) is 56.2 Å². The third kappa shape index (κ3) is 2.73. The average molecular weight is 293 g/mol. The first-order valence-electron chi connectivity index (χ1n) is 8.29. The summed E-state index contributed by atoms with van der Waals surface area (Å²) in [5.74, 6) is 0.634. The van der Waals surface area contributed by atoms with Crippen molar-refractivity contribution in [2.45, 2.75) is 52.0 Å². The van der Waals surface area contributed by atoms with E-state index < -0.39 is 11.6 Å². The highest BCUT2D eigenvalue weighted by atomic mass is 19.2. The second kappa shape index (κ2) is 6.04. The van der Waals surface area contributed by atoms with E-state index in [0.717, 1.165) is 18.9 Å². The second-order valence-corrected chi connectivity index (χ2v) is 6.87. The van der Waals surface area contributed by atoms with Gasteiger partial charge in [-0.15, -0.1) is 0 Å². The molecular formula is C18H25F2N. The minimum atomic E-state index is -0.682. The fourth-order valence-electron chi connectivity index (χ4n) is 4.40. The third-order valence-electron chi connectivity index (χ3n) is 5.48. The van der Waals surface area contributed by atoms with Crippen LogP contribution in [-0.4, -0.2) is 6.54 Å². The molecule has 1 aromatic carbocycles. The Morgan fingerprint density at radius 2 is 2.00 bits per heavy atom. The monoisotopic (exact) mass is 293 g/mol. The predicted octanol–water partition coefficient (Wildman–Crippen LogP) is 4.75. The largest absolute Gasteiger partial charge is 0.310 e. The van der Waals surface area contributed by atoms with Crippen molar-refractivity contribution in [3.63, 3.8) is 0 Å². The molecule has 1 aromatic rings. The first kappa shape index (κ1) is 15.0. The van der Waals surface area contributed by atoms with Crippen molar-refractivity contribution < 1.29 is 8.78 Å². The molecule has 2 bridgehead atoms. The molecule has 0 saturated heterocycles. The highest BCUT2D eigenvalue weighted by Gasteiger charge is 2.44. The van der Waals surface area contributed by atoms with Crippen LogP contribution in [0.25, 0.3) is 0 Å². The number of nitrogens with one attached hydrogen (secondary N) is 1. The molecule has 2 saturated carbocycles. The lowest BCUT2D eigenvalue weighted by atomic mass is 9.80. The Bertz CT molecular complexity index is 514. The number of rotatable bonds is 5. The molecule has 1 N–H and O–H groups in total. The van der Waals surface area contributed by atoms with E-state index in [1.54, 1.807) is 19.1 Å². The van der Waals surface area contributed by atoms with Crippen molar-refractivity contribution in [1.29, 1.82) is 0 Å². The zero-order valence-electron chi connectivity index (χ0n) is 13.0. The number of aryl methyl sites for hydroxylation is 1. The molecule has 0 heterocycles. The summed E-state index contributed by atoms with van der Waals surface area (Å²) in [4.78, 5) is 0. The maximum atomic E-state index is 14.4. The highest BCUT2D eigenvalue weighted by Crippen LogP contribution is 2.52. The highest BCUT2D eigenvalue weighted by molar-refractivity contribution is 5.29. The standard InChI is InChI=1S/C18H25F2N/c1-3-8-21-18(15-10-12-5-6-13(15)9-12)14-7-4-11(2)16(19)17(14)20/h4,7,12-13,15,18,21H,3,5-6,8-10H2,1-2H3. The first-order valence-corrected chi connectivity index (χ1v) is 8.29. The van der Waals surface area contributed by atoms with Crippen molar-refractivity contribution >= 4 is 0 Å². The van der Waals surface area contributed by atoms with Crippen LogP contribution in [0.15, 0.2) is 12.1 Å². The normalized spacial score (nSPS) is 29.0. The Morgan fingerprint density at radius 3 is 2.62 bits per heavy atom. The fourth-order valence-corrected chi connectivity index (χ4v) is 4.40. The summed E-state index contributed by atoms with van der Waals surface area (Å²) in [5, 5.41) is 3.49. The molecule has 116 valence electrons. The van der Waals surface area contributed by atoms with Gasteiger partial charge in [0.05, 0.1) is 0 Å². The minimum Gasteiger partial charge on any atom is -0.310 e. The van der Waals surface area contributed by atoms with Gasteiger partial charge in [-0.05, 0) is 62.5 Å². The van der Waals surface area contributed by atoms with Crippen molar-refractivity contribution in [3.05, 3.63) is 34.9 Å². The van der Waals surface area contributed by atoms with E-state index in [2.05, 4.69) is 12.2 Å². The lowest BCUT2D eigenvalue weighted by molar-refractivity contribution is 0.245. The van der Waals surface area contributed by atoms with Crippen LogP contribution in [0.4, 0.5) is 8.78 Å². The fraction of sp³-hybridized carbons (Fsp3) is 0.667. The van der Waals surface area contributed by atoms with Gasteiger partial charge in [-0.2, -0.15) is 0 Å². The van der Waals surface area contributed by atoms with Crippen LogP contribution >= 0.6 is 0 Å². The van der Waals surface area contributed by atoms with Gasteiger partial charge in [0, 0.05) is 11.6 Å². The topological polar surface area (TPSA) is 12.0 Å². The molecule has 2 fully saturated rings. The van der Waals surface area contributed by atoms with E-state index in [-0.39, 0.29) is 6.04 Å². The van der Waals surface area contributed by atoms with Gasteiger partial charge < -0.3 is 5.32 Å². The van der Waals surface area contributed by atoms with E-state index >= 15 is 0 Å². The second-order valence-electron chi connectivity index (χ2n) is 6.87. The zero-order valence-corrected chi connectivity index (χ0v) is 13.0. The lowest BCUT2D eigenvalue weighted by Crippen LogP contribution is -2.33. The number of halogens is 2. The van der Waals surface area contributed by atoms with Crippen LogP contribution in [0.2, 0.25) is 0 Å². The minimum absolute atomic E-state index is 0.0321. The Kier molecular flexibility index (Phi) is 4.30. The van der Waals surface area contributed by atoms with Gasteiger partial charge >= 0.3 is 0 Å². The summed E-state index contributed by atoms with van der Waals surface area (Å²) in [6.07, 6.45) is 6.04. The number of hydrogen-bond acceptors (Lipinski definition) is 1. The molecule has 3 heteroatoms. The Balaban J connectivity index is 1.90. The van der Waals surface area contributed by atoms with Crippen LogP contribution < -0.4 is 5.32 Å². The van der Waals surface area contributed by atoms with Crippen LogP contribution in [0.3, 0.4) is 0 Å². The summed E-state index contributed by atoms with van der Waals surface area (Å²) in [7, 11) is 0. The third-order valence-corrected chi connectivity index (χ3v) is 5.48. The molecular weight excluding hydrogens is 268 g/mol. The number of fused-ring (bicyclic) bond motifs is 2. The Morgan fingerprint density at radius 1 is 1.19 bits per heavy atom. The molecule has 4 atom stereocenters. The van der Waals surface area contributed by atoms with Gasteiger partial charge in [-0.25, -0.2) is 8.78 Å². The maximum Gasteiger partial charge on any atom is 0.163 e. The van der Waals surface area contributed by atoms with Gasteiger partial charge in [0.15, 0.2) is 11.6 Å². The van der Waals surface area contributed by atoms with Crippen LogP contribution in [0.5, 0.6) is 0 Å². The van der Waals surface area contributed by atoms with E-state index in [9.17, 15) is 8.78 Å². The van der Waals surface area contributed by atoms with Crippen LogP contribution in [-0.2, 0) is 0 Å². The molecule has 1 nitrogen and oxygen atoms in total. The first-order chi connectivity index (χ1) is 10.1. The van der Waals surface area contributed by atoms with Gasteiger partial charge in [-0.1, -0.05) is 25.5 Å². The van der Waals surface area contributed by atoms with Crippen LogP contribution in [0, 0.1) is 36.3 Å². The van der Waals surface area contributed by atoms with Gasteiger partial charge in [-0.3, -0.25) is 0 Å². The van der Waals surface area contributed by atoms with Gasteiger partial charge in [0.25, 0.3) is 0 Å². The molecule has 4 unspecified atom stereocenters. The Labute approximate surface area is 126 Å². The lowest BCUT2D eigenvalue weighted by Gasteiger charge is -2.32. The summed E-state index contributed by atoms with van der Waals surface area (Å²) < 4.78 is 28.4. The number of hydrogen-bond donors (Lipinski definition) is 1. The predicted molar refractivity (Wildman–Crippen MR) is 81.1 cm³/mol. The molecule has 0 aliphatic heterocycles. The van der Waals surface area contributed by atoms with Crippen molar-refractivity contribution in [1.82, 2.24) is 5.32 Å². The zero-order chi connectivity index (χ0) is 15.0. The van der Waals surface area contributed by atoms with Gasteiger partial charge in [0.1, 0.15) is 0 Å². The van der Waals surface area contributed by atoms with Crippen molar-refractivity contribution in [2.24, 2.45) is 17.8 Å². The Hall–Kier alpha value is -0.960. The summed E-state index contributed by atoms with van der Waals surface area (Å²) in [5.41, 5.74) is 0.919. The molecule has 3 rings (SSSR count). The van der Waals surface area contributed by atoms with E-state index in [1.165, 1.54) is 25.7 Å². The van der Waals surface area contributed by atoms with Gasteiger partial charge in [0.2, 0.25) is 0 Å². The SMILES string of the molecule is CCCNC(c1ccc(C)c(F)c1F)C1CC2CCC1C2. The smallest absolute Gasteiger partial charge is 0.163 e. The van der Waals surface area contributed by atoms with E-state index in [1.807, 2.05) is 0 Å². The molecule has 2 aliphatic carbocycles. The van der Waals surface area contributed by atoms with Crippen molar-refractivity contribution in [2.75, 3.05) is 6.54 Å². The average Bonchev–Trinajstić information content (AvgIpc) is 3.10.